The molecular formula is C33H40FN3O7. The second kappa shape index (κ2) is 13.4. The zero-order valence-electron chi connectivity index (χ0n) is 26.1. The SMILES string of the molecule is COc1cc(C(=O)CCC(C)(O)c2cc(C(C)(C)NC(=O)OC(C)(C)C)cc(-c3ccc(F)cc3)n2)ccc1OCC(N)=O. The predicted octanol–water partition coefficient (Wildman–Crippen LogP) is 5.39. The molecule has 0 aliphatic heterocycles. The second-order valence-electron chi connectivity index (χ2n) is 12.2. The lowest BCUT2D eigenvalue weighted by Gasteiger charge is -2.31. The first kappa shape index (κ1) is 34.0. The van der Waals surface area contributed by atoms with E-state index in [4.69, 9.17) is 19.9 Å². The zero-order valence-corrected chi connectivity index (χ0v) is 26.1. The van der Waals surface area contributed by atoms with Crippen molar-refractivity contribution in [1.82, 2.24) is 10.3 Å². The van der Waals surface area contributed by atoms with Gasteiger partial charge in [-0.3, -0.25) is 9.59 Å². The number of nitrogens with one attached hydrogen (secondary N) is 1. The van der Waals surface area contributed by atoms with Crippen LogP contribution < -0.4 is 20.5 Å². The minimum Gasteiger partial charge on any atom is -0.493 e. The largest absolute Gasteiger partial charge is 0.493 e. The smallest absolute Gasteiger partial charge is 0.408 e. The van der Waals surface area contributed by atoms with Crippen LogP contribution in [0.3, 0.4) is 0 Å². The summed E-state index contributed by atoms with van der Waals surface area (Å²) in [6.07, 6.45) is -0.662. The summed E-state index contributed by atoms with van der Waals surface area (Å²) in [5.74, 6) is -0.828. The molecule has 0 aliphatic carbocycles. The molecule has 2 amide bonds. The lowest BCUT2D eigenvalue weighted by molar-refractivity contribution is -0.119. The molecule has 2 aromatic carbocycles. The summed E-state index contributed by atoms with van der Waals surface area (Å²) in [5.41, 5.74) is 4.12. The van der Waals surface area contributed by atoms with Gasteiger partial charge in [0.1, 0.15) is 17.0 Å². The van der Waals surface area contributed by atoms with Gasteiger partial charge in [-0.2, -0.15) is 0 Å². The predicted molar refractivity (Wildman–Crippen MR) is 163 cm³/mol. The summed E-state index contributed by atoms with van der Waals surface area (Å²) in [6.45, 7) is 10.1. The number of carbonyl (C=O) groups excluding carboxylic acids is 3. The highest BCUT2D eigenvalue weighted by atomic mass is 19.1. The average molecular weight is 610 g/mol. The maximum Gasteiger partial charge on any atom is 0.408 e. The van der Waals surface area contributed by atoms with E-state index in [9.17, 15) is 23.9 Å². The molecule has 0 fully saturated rings. The van der Waals surface area contributed by atoms with Gasteiger partial charge in [-0.1, -0.05) is 0 Å². The minimum atomic E-state index is -1.57. The van der Waals surface area contributed by atoms with Gasteiger partial charge in [-0.25, -0.2) is 14.2 Å². The Kier molecular flexibility index (Phi) is 10.4. The summed E-state index contributed by atoms with van der Waals surface area (Å²) in [7, 11) is 1.40. The third kappa shape index (κ3) is 9.24. The Morgan fingerprint density at radius 2 is 1.61 bits per heavy atom. The van der Waals surface area contributed by atoms with Crippen LogP contribution >= 0.6 is 0 Å². The fourth-order valence-electron chi connectivity index (χ4n) is 4.31. The summed E-state index contributed by atoms with van der Waals surface area (Å²) in [5, 5.41) is 14.5. The van der Waals surface area contributed by atoms with E-state index in [2.05, 4.69) is 10.3 Å². The molecular weight excluding hydrogens is 569 g/mol. The van der Waals surface area contributed by atoms with Crippen molar-refractivity contribution in [2.24, 2.45) is 5.73 Å². The van der Waals surface area contributed by atoms with E-state index in [0.717, 1.165) is 0 Å². The number of methoxy groups -OCH3 is 1. The average Bonchev–Trinajstić information content (AvgIpc) is 2.93. The summed E-state index contributed by atoms with van der Waals surface area (Å²) in [4.78, 5) is 41.5. The maximum absolute atomic E-state index is 13.7. The third-order valence-electron chi connectivity index (χ3n) is 6.75. The number of nitrogens with two attached hydrogens (primary N) is 1. The Hall–Kier alpha value is -4.51. The van der Waals surface area contributed by atoms with Gasteiger partial charge in [0.05, 0.1) is 24.0 Å². The van der Waals surface area contributed by atoms with Crippen LogP contribution in [-0.2, 0) is 20.7 Å². The summed E-state index contributed by atoms with van der Waals surface area (Å²) in [6, 6.07) is 13.7. The molecule has 4 N–H and O–H groups in total. The molecule has 3 aromatic rings. The van der Waals surface area contributed by atoms with Gasteiger partial charge in [0.15, 0.2) is 23.9 Å². The number of hydrogen-bond donors (Lipinski definition) is 3. The molecule has 44 heavy (non-hydrogen) atoms. The highest BCUT2D eigenvalue weighted by Gasteiger charge is 2.32. The quantitative estimate of drug-likeness (QED) is 0.231. The fraction of sp³-hybridized carbons (Fsp3) is 0.394. The van der Waals surface area contributed by atoms with Crippen LogP contribution in [-0.4, -0.2) is 47.2 Å². The highest BCUT2D eigenvalue weighted by Crippen LogP contribution is 2.34. The van der Waals surface area contributed by atoms with Gasteiger partial charge in [-0.15, -0.1) is 0 Å². The van der Waals surface area contributed by atoms with E-state index in [1.54, 1.807) is 65.8 Å². The van der Waals surface area contributed by atoms with E-state index in [-0.39, 0.29) is 42.4 Å². The molecule has 0 spiro atoms. The van der Waals surface area contributed by atoms with E-state index < -0.39 is 34.6 Å². The van der Waals surface area contributed by atoms with Crippen LogP contribution in [0.15, 0.2) is 54.6 Å². The van der Waals surface area contributed by atoms with Crippen LogP contribution in [0, 0.1) is 5.82 Å². The van der Waals surface area contributed by atoms with E-state index in [1.807, 2.05) is 0 Å². The van der Waals surface area contributed by atoms with E-state index in [0.29, 0.717) is 22.4 Å². The normalized spacial score (nSPS) is 13.0. The van der Waals surface area contributed by atoms with Crippen molar-refractivity contribution in [3.63, 3.8) is 0 Å². The van der Waals surface area contributed by atoms with E-state index >= 15 is 0 Å². The molecule has 0 saturated heterocycles. The number of amides is 2. The minimum absolute atomic E-state index is 0.00725. The molecule has 10 nitrogen and oxygen atoms in total. The van der Waals surface area contributed by atoms with Crippen molar-refractivity contribution in [2.75, 3.05) is 13.7 Å². The highest BCUT2D eigenvalue weighted by molar-refractivity contribution is 5.96. The monoisotopic (exact) mass is 609 g/mol. The van der Waals surface area contributed by atoms with Crippen LogP contribution in [0.4, 0.5) is 9.18 Å². The van der Waals surface area contributed by atoms with Gasteiger partial charge >= 0.3 is 6.09 Å². The number of rotatable bonds is 12. The molecule has 1 unspecified atom stereocenters. The molecule has 236 valence electrons. The Labute approximate surface area is 256 Å². The molecule has 1 heterocycles. The summed E-state index contributed by atoms with van der Waals surface area (Å²) >= 11 is 0. The van der Waals surface area contributed by atoms with Gasteiger partial charge in [0.2, 0.25) is 0 Å². The van der Waals surface area contributed by atoms with Gasteiger partial charge in [0.25, 0.3) is 5.91 Å². The molecule has 11 heteroatoms. The number of halogens is 1. The molecule has 0 bridgehead atoms. The van der Waals surface area contributed by atoms with Crippen LogP contribution in [0.2, 0.25) is 0 Å². The molecule has 0 aliphatic rings. The number of alkyl carbamates (subject to hydrolysis) is 1. The van der Waals surface area contributed by atoms with Crippen molar-refractivity contribution in [3.8, 4) is 22.8 Å². The molecule has 1 atom stereocenters. The van der Waals surface area contributed by atoms with Crippen molar-refractivity contribution < 1.29 is 38.1 Å². The Morgan fingerprint density at radius 3 is 2.20 bits per heavy atom. The number of ether oxygens (including phenoxy) is 3. The van der Waals surface area contributed by atoms with Gasteiger partial charge < -0.3 is 30.4 Å². The molecule has 0 saturated carbocycles. The lowest BCUT2D eigenvalue weighted by atomic mass is 9.87. The first-order valence-electron chi connectivity index (χ1n) is 14.0. The number of nitrogens with zero attached hydrogens (tertiary/aromatic N) is 1. The second-order valence-corrected chi connectivity index (χ2v) is 12.2. The fourth-order valence-corrected chi connectivity index (χ4v) is 4.31. The first-order valence-corrected chi connectivity index (χ1v) is 14.0. The topological polar surface area (TPSA) is 150 Å². The number of Topliss-reactive ketones (excluding diaryl/α,β-unsaturated/α-hetero) is 1. The number of ketones is 1. The van der Waals surface area contributed by atoms with Crippen LogP contribution in [0.1, 0.15) is 76.0 Å². The molecule has 1 aromatic heterocycles. The number of benzene rings is 2. The Bertz CT molecular complexity index is 1510. The number of hydrogen-bond acceptors (Lipinski definition) is 8. The lowest BCUT2D eigenvalue weighted by Crippen LogP contribution is -2.44. The van der Waals surface area contributed by atoms with Crippen molar-refractivity contribution in [1.29, 1.82) is 0 Å². The standard InChI is InChI=1S/C33H40FN3O7/c1-31(2,3)44-30(40)37-32(4,5)22-17-24(20-8-11-23(34)12-9-20)36-28(18-22)33(6,41)15-14-25(38)21-10-13-26(27(16-21)42-7)43-19-29(35)39/h8-13,16-18,41H,14-15,19H2,1-7H3,(H2,35,39)(H,37,40). The summed E-state index contributed by atoms with van der Waals surface area (Å²) < 4.78 is 29.7. The van der Waals surface area contributed by atoms with Gasteiger partial charge in [-0.05, 0) is 108 Å². The Balaban J connectivity index is 1.91. The van der Waals surface area contributed by atoms with E-state index in [1.165, 1.54) is 37.4 Å². The zero-order chi connectivity index (χ0) is 32.9. The van der Waals surface area contributed by atoms with Crippen molar-refractivity contribution in [3.05, 3.63) is 77.2 Å². The number of pyridine rings is 1. The van der Waals surface area contributed by atoms with Crippen LogP contribution in [0.5, 0.6) is 11.5 Å². The van der Waals surface area contributed by atoms with Crippen LogP contribution in [0.25, 0.3) is 11.3 Å². The van der Waals surface area contributed by atoms with Crippen molar-refractivity contribution in [2.45, 2.75) is 71.1 Å². The number of aliphatic hydroxyl groups is 1. The third-order valence-corrected chi connectivity index (χ3v) is 6.75. The van der Waals surface area contributed by atoms with Crippen molar-refractivity contribution >= 4 is 17.8 Å². The number of primary amides is 1. The first-order chi connectivity index (χ1) is 20.4. The Morgan fingerprint density at radius 1 is 0.955 bits per heavy atom. The molecule has 3 rings (SSSR count). The number of aromatic nitrogens is 1. The maximum atomic E-state index is 13.7. The number of carbonyl (C=O) groups is 3. The van der Waals surface area contributed by atoms with Gasteiger partial charge in [0, 0.05) is 17.5 Å². The molecule has 0 radical (unpaired) electrons.